The lowest BCUT2D eigenvalue weighted by Gasteiger charge is -2.23. The molecular weight excluding hydrogens is 486 g/mol. The average molecular weight is 522 g/mol. The van der Waals surface area contributed by atoms with Crippen molar-refractivity contribution in [3.63, 3.8) is 0 Å². The van der Waals surface area contributed by atoms with Crippen LogP contribution in [0.5, 0.6) is 0 Å². The van der Waals surface area contributed by atoms with E-state index in [0.29, 0.717) is 57.4 Å². The predicted octanol–water partition coefficient (Wildman–Crippen LogP) is 5.55. The van der Waals surface area contributed by atoms with E-state index in [2.05, 4.69) is 33.4 Å². The first kappa shape index (κ1) is 26.7. The molecule has 2 N–H and O–H groups in total. The van der Waals surface area contributed by atoms with Gasteiger partial charge in [-0.1, -0.05) is 31.0 Å². The Kier molecular flexibility index (Phi) is 8.22. The number of carbonyl (C=O) groups is 1. The minimum atomic E-state index is -0.806. The van der Waals surface area contributed by atoms with Crippen LogP contribution in [0.3, 0.4) is 0 Å². The van der Waals surface area contributed by atoms with Gasteiger partial charge in [0.25, 0.3) is 5.91 Å². The van der Waals surface area contributed by atoms with Crippen molar-refractivity contribution in [2.24, 2.45) is 5.18 Å². The molecule has 2 aromatic heterocycles. The van der Waals surface area contributed by atoms with Crippen molar-refractivity contribution in [3.8, 4) is 16.5 Å². The molecule has 3 heterocycles. The molecule has 9 nitrogen and oxygen atoms in total. The molecule has 2 fully saturated rings. The number of likely N-dealkylation sites (tertiary alicyclic amines) is 1. The van der Waals surface area contributed by atoms with Crippen molar-refractivity contribution >= 4 is 28.8 Å². The molecule has 37 heavy (non-hydrogen) atoms. The van der Waals surface area contributed by atoms with E-state index in [-0.39, 0.29) is 11.9 Å². The Bertz CT molecular complexity index is 1210. The van der Waals surface area contributed by atoms with E-state index in [9.17, 15) is 15.0 Å². The van der Waals surface area contributed by atoms with Gasteiger partial charge in [-0.3, -0.25) is 4.79 Å². The second kappa shape index (κ2) is 11.4. The number of hydrogen-bond acceptors (Lipinski definition) is 9. The van der Waals surface area contributed by atoms with Crippen molar-refractivity contribution in [3.05, 3.63) is 40.0 Å². The third-order valence-electron chi connectivity index (χ3n) is 7.10. The molecule has 4 rings (SSSR count). The second-order valence-electron chi connectivity index (χ2n) is 10.6. The summed E-state index contributed by atoms with van der Waals surface area (Å²) in [5.41, 5.74) is 1.16. The summed E-state index contributed by atoms with van der Waals surface area (Å²) in [5.74, 6) is 0.451. The number of carbonyl (C=O) groups excluding carboxylic acids is 1. The maximum absolute atomic E-state index is 13.6. The number of nitroso groups, excluding NO2 is 1. The van der Waals surface area contributed by atoms with Gasteiger partial charge in [-0.2, -0.15) is 10.2 Å². The highest BCUT2D eigenvalue weighted by atomic mass is 32.1. The number of rotatable bonds is 9. The topological polar surface area (TPSA) is 123 Å². The first-order chi connectivity index (χ1) is 17.7. The van der Waals surface area contributed by atoms with E-state index in [0.717, 1.165) is 25.7 Å². The van der Waals surface area contributed by atoms with Gasteiger partial charge in [-0.15, -0.1) is 11.3 Å². The summed E-state index contributed by atoms with van der Waals surface area (Å²) in [5, 5.41) is 20.2. The molecule has 0 bridgehead atoms. The molecule has 10 heteroatoms. The van der Waals surface area contributed by atoms with Gasteiger partial charge in [-0.05, 0) is 52.5 Å². The van der Waals surface area contributed by atoms with E-state index >= 15 is 0 Å². The maximum atomic E-state index is 13.6. The van der Waals surface area contributed by atoms with Crippen LogP contribution in [0, 0.1) is 16.2 Å². The highest BCUT2D eigenvalue weighted by Crippen LogP contribution is 2.36. The monoisotopic (exact) mass is 521 g/mol. The minimum absolute atomic E-state index is 0.131. The lowest BCUT2D eigenvalue weighted by molar-refractivity contribution is 0.0743. The molecule has 0 aromatic carbocycles. The molecular formula is C27H35N7O2S. The van der Waals surface area contributed by atoms with Crippen LogP contribution < -0.4 is 10.6 Å². The summed E-state index contributed by atoms with van der Waals surface area (Å²) in [7, 11) is 0. The zero-order chi connectivity index (χ0) is 26.6. The number of thiazole rings is 1. The Hall–Kier alpha value is -3.32. The summed E-state index contributed by atoms with van der Waals surface area (Å²) < 4.78 is 0. The zero-order valence-corrected chi connectivity index (χ0v) is 22.7. The Morgan fingerprint density at radius 2 is 2.05 bits per heavy atom. The third-order valence-corrected chi connectivity index (χ3v) is 8.26. The largest absolute Gasteiger partial charge is 0.381 e. The first-order valence-electron chi connectivity index (χ1n) is 13.0. The van der Waals surface area contributed by atoms with Crippen LogP contribution in [0.4, 0.5) is 5.82 Å². The Morgan fingerprint density at radius 1 is 1.30 bits per heavy atom. The predicted molar refractivity (Wildman–Crippen MR) is 147 cm³/mol. The molecule has 196 valence electrons. The highest BCUT2D eigenvalue weighted by Gasteiger charge is 2.31. The van der Waals surface area contributed by atoms with Crippen LogP contribution in [0.1, 0.15) is 86.8 Å². The van der Waals surface area contributed by atoms with E-state index < -0.39 is 5.54 Å². The number of nitriles is 1. The molecule has 1 saturated carbocycles. The number of aromatic nitrogens is 2. The number of pyridine rings is 1. The highest BCUT2D eigenvalue weighted by molar-refractivity contribution is 7.16. The summed E-state index contributed by atoms with van der Waals surface area (Å²) in [4.78, 5) is 36.5. The van der Waals surface area contributed by atoms with Crippen LogP contribution in [-0.2, 0) is 0 Å². The van der Waals surface area contributed by atoms with Crippen molar-refractivity contribution in [2.75, 3.05) is 18.4 Å². The van der Waals surface area contributed by atoms with Gasteiger partial charge in [0.05, 0.1) is 16.1 Å². The van der Waals surface area contributed by atoms with Crippen molar-refractivity contribution < 1.29 is 4.79 Å². The number of nitrogens with one attached hydrogen (secondary N) is 2. The molecule has 1 aliphatic carbocycles. The molecule has 1 aliphatic heterocycles. The third kappa shape index (κ3) is 6.16. The molecule has 0 spiro atoms. The van der Waals surface area contributed by atoms with Crippen LogP contribution in [0.2, 0.25) is 0 Å². The SMILES string of the molecule is C=C(NCC(C)(C)N=O)c1nc(C(=O)N2CCC[C@@H]2C)c(-c2cnc(NC3CCCCC3)c(C#N)c2)s1. The summed E-state index contributed by atoms with van der Waals surface area (Å²) in [6.07, 6.45) is 9.39. The van der Waals surface area contributed by atoms with Crippen molar-refractivity contribution in [2.45, 2.75) is 83.3 Å². The normalized spacial score (nSPS) is 18.3. The molecule has 1 atom stereocenters. The second-order valence-corrected chi connectivity index (χ2v) is 11.6. The van der Waals surface area contributed by atoms with E-state index in [1.54, 1.807) is 26.1 Å². The van der Waals surface area contributed by atoms with Crippen LogP contribution in [-0.4, -0.2) is 51.5 Å². The van der Waals surface area contributed by atoms with E-state index in [4.69, 9.17) is 4.98 Å². The van der Waals surface area contributed by atoms with E-state index in [1.165, 1.54) is 30.6 Å². The van der Waals surface area contributed by atoms with Gasteiger partial charge < -0.3 is 15.5 Å². The standard InChI is InChI=1S/C27H35N7O2S/c1-17-9-8-12-34(17)26(35)22-23(37-25(32-22)18(2)30-16-27(3,4)33-36)20-13-19(14-28)24(29-15-20)31-21-10-6-5-7-11-21/h13,15,17,21,30H,2,5-12,16H2,1,3-4H3,(H,29,31)/t17-/m0/s1. The fourth-order valence-corrected chi connectivity index (χ4v) is 5.81. The van der Waals surface area contributed by atoms with Crippen LogP contribution in [0.25, 0.3) is 16.1 Å². The van der Waals surface area contributed by atoms with Gasteiger partial charge in [0.2, 0.25) is 0 Å². The first-order valence-corrected chi connectivity index (χ1v) is 13.8. The van der Waals surface area contributed by atoms with Crippen molar-refractivity contribution in [1.29, 1.82) is 5.26 Å². The van der Waals surface area contributed by atoms with Crippen LogP contribution in [0.15, 0.2) is 24.0 Å². The fourth-order valence-electron chi connectivity index (χ4n) is 4.82. The Balaban J connectivity index is 1.67. The lowest BCUT2D eigenvalue weighted by Crippen LogP contribution is -2.34. The molecule has 0 unspecified atom stereocenters. The molecule has 1 saturated heterocycles. The van der Waals surface area contributed by atoms with E-state index in [1.807, 2.05) is 11.8 Å². The van der Waals surface area contributed by atoms with Gasteiger partial charge in [-0.25, -0.2) is 9.97 Å². The average Bonchev–Trinajstić information content (AvgIpc) is 3.54. The molecule has 1 amide bonds. The Morgan fingerprint density at radius 3 is 2.70 bits per heavy atom. The quantitative estimate of drug-likeness (QED) is 0.415. The number of amides is 1. The molecule has 2 aliphatic rings. The van der Waals surface area contributed by atoms with Gasteiger partial charge >= 0.3 is 0 Å². The number of hydrogen-bond donors (Lipinski definition) is 2. The number of anilines is 1. The molecule has 0 radical (unpaired) electrons. The lowest BCUT2D eigenvalue weighted by atomic mass is 9.95. The van der Waals surface area contributed by atoms with Crippen LogP contribution >= 0.6 is 11.3 Å². The van der Waals surface area contributed by atoms with Crippen molar-refractivity contribution in [1.82, 2.24) is 20.2 Å². The van der Waals surface area contributed by atoms with Gasteiger partial charge in [0, 0.05) is 36.9 Å². The summed E-state index contributed by atoms with van der Waals surface area (Å²) in [6, 6.07) is 4.52. The Labute approximate surface area is 222 Å². The van der Waals surface area contributed by atoms with Gasteiger partial charge in [0.1, 0.15) is 28.1 Å². The zero-order valence-electron chi connectivity index (χ0n) is 21.8. The minimum Gasteiger partial charge on any atom is -0.381 e. The van der Waals surface area contributed by atoms with Gasteiger partial charge in [0.15, 0.2) is 0 Å². The maximum Gasteiger partial charge on any atom is 0.274 e. The summed E-state index contributed by atoms with van der Waals surface area (Å²) >= 11 is 1.33. The number of nitrogens with zero attached hydrogens (tertiary/aromatic N) is 5. The molecule has 2 aromatic rings. The smallest absolute Gasteiger partial charge is 0.274 e. The fraction of sp³-hybridized carbons (Fsp3) is 0.556. The summed E-state index contributed by atoms with van der Waals surface area (Å²) in [6.45, 7) is 10.6.